The molecule has 0 aliphatic carbocycles. The molecule has 1 aromatic rings. The average Bonchev–Trinajstić information content (AvgIpc) is 2.37. The van der Waals surface area contributed by atoms with E-state index in [9.17, 15) is 18.4 Å². The van der Waals surface area contributed by atoms with Crippen molar-refractivity contribution in [1.29, 1.82) is 0 Å². The highest BCUT2D eigenvalue weighted by Gasteiger charge is 2.11. The van der Waals surface area contributed by atoms with E-state index in [-0.39, 0.29) is 6.54 Å². The normalized spacial score (nSPS) is 10.7. The van der Waals surface area contributed by atoms with Gasteiger partial charge in [-0.05, 0) is 24.6 Å². The van der Waals surface area contributed by atoms with E-state index >= 15 is 0 Å². The van der Waals surface area contributed by atoms with Gasteiger partial charge in [0.05, 0.1) is 0 Å². The number of aliphatic carboxylic acids is 1. The SMILES string of the molecule is CCN(Cc1ccc(F)c(F)c1)C(=O)/C=C/C(=O)O. The van der Waals surface area contributed by atoms with E-state index in [0.717, 1.165) is 24.3 Å². The Kier molecular flexibility index (Phi) is 5.17. The van der Waals surface area contributed by atoms with Gasteiger partial charge in [0.1, 0.15) is 0 Å². The molecule has 102 valence electrons. The molecule has 19 heavy (non-hydrogen) atoms. The lowest BCUT2D eigenvalue weighted by Crippen LogP contribution is -2.28. The number of carboxylic acid groups (broad SMARTS) is 1. The maximum absolute atomic E-state index is 13.0. The van der Waals surface area contributed by atoms with Crippen molar-refractivity contribution in [2.75, 3.05) is 6.54 Å². The minimum absolute atomic E-state index is 0.0799. The molecule has 0 unspecified atom stereocenters. The third-order valence-electron chi connectivity index (χ3n) is 2.42. The lowest BCUT2D eigenvalue weighted by atomic mass is 10.2. The fraction of sp³-hybridized carbons (Fsp3) is 0.231. The molecule has 1 amide bonds. The first-order chi connectivity index (χ1) is 8.93. The molecule has 0 fully saturated rings. The maximum atomic E-state index is 13.0. The van der Waals surface area contributed by atoms with Crippen LogP contribution >= 0.6 is 0 Å². The Balaban J connectivity index is 2.78. The smallest absolute Gasteiger partial charge is 0.328 e. The molecule has 6 heteroatoms. The Morgan fingerprint density at radius 3 is 2.47 bits per heavy atom. The van der Waals surface area contributed by atoms with E-state index in [0.29, 0.717) is 12.1 Å². The van der Waals surface area contributed by atoms with E-state index in [1.807, 2.05) is 0 Å². The third-order valence-corrected chi connectivity index (χ3v) is 2.42. The van der Waals surface area contributed by atoms with Gasteiger partial charge in [0.25, 0.3) is 0 Å². The van der Waals surface area contributed by atoms with Crippen LogP contribution in [0, 0.1) is 11.6 Å². The number of nitrogens with zero attached hydrogens (tertiary/aromatic N) is 1. The summed E-state index contributed by atoms with van der Waals surface area (Å²) >= 11 is 0. The fourth-order valence-corrected chi connectivity index (χ4v) is 1.45. The number of halogens is 2. The molecular weight excluding hydrogens is 256 g/mol. The van der Waals surface area contributed by atoms with Crippen LogP contribution in [0.25, 0.3) is 0 Å². The molecule has 0 radical (unpaired) electrons. The summed E-state index contributed by atoms with van der Waals surface area (Å²) in [4.78, 5) is 23.3. The highest BCUT2D eigenvalue weighted by Crippen LogP contribution is 2.11. The van der Waals surface area contributed by atoms with Gasteiger partial charge >= 0.3 is 5.97 Å². The molecule has 1 aromatic carbocycles. The summed E-state index contributed by atoms with van der Waals surface area (Å²) in [5.74, 6) is -3.67. The second-order valence-corrected chi connectivity index (χ2v) is 3.77. The van der Waals surface area contributed by atoms with Crippen LogP contribution in [-0.4, -0.2) is 28.4 Å². The van der Waals surface area contributed by atoms with E-state index in [4.69, 9.17) is 5.11 Å². The summed E-state index contributed by atoms with van der Waals surface area (Å²) in [6, 6.07) is 3.36. The van der Waals surface area contributed by atoms with E-state index in [1.54, 1.807) is 6.92 Å². The molecule has 0 spiro atoms. The average molecular weight is 269 g/mol. The molecule has 0 saturated carbocycles. The van der Waals surface area contributed by atoms with Crippen LogP contribution < -0.4 is 0 Å². The van der Waals surface area contributed by atoms with Crippen molar-refractivity contribution >= 4 is 11.9 Å². The number of carbonyl (C=O) groups excluding carboxylic acids is 1. The third kappa shape index (κ3) is 4.50. The predicted octanol–water partition coefficient (Wildman–Crippen LogP) is 1.95. The zero-order valence-electron chi connectivity index (χ0n) is 10.3. The highest BCUT2D eigenvalue weighted by molar-refractivity contribution is 5.93. The van der Waals surface area contributed by atoms with Gasteiger partial charge < -0.3 is 10.0 Å². The molecule has 0 heterocycles. The van der Waals surface area contributed by atoms with E-state index in [1.165, 1.54) is 11.0 Å². The number of carboxylic acids is 1. The molecular formula is C13H13F2NO3. The number of hydrogen-bond donors (Lipinski definition) is 1. The summed E-state index contributed by atoms with van der Waals surface area (Å²) in [5.41, 5.74) is 0.429. The Hall–Kier alpha value is -2.24. The Morgan fingerprint density at radius 1 is 1.26 bits per heavy atom. The molecule has 0 saturated heterocycles. The van der Waals surface area contributed by atoms with Crippen molar-refractivity contribution in [2.45, 2.75) is 13.5 Å². The van der Waals surface area contributed by atoms with Crippen LogP contribution in [0.4, 0.5) is 8.78 Å². The topological polar surface area (TPSA) is 57.6 Å². The molecule has 0 aromatic heterocycles. The zero-order chi connectivity index (χ0) is 14.4. The molecule has 1 rings (SSSR count). The second kappa shape index (κ2) is 6.63. The number of hydrogen-bond acceptors (Lipinski definition) is 2. The molecule has 0 aliphatic heterocycles. The number of rotatable bonds is 5. The number of carbonyl (C=O) groups is 2. The number of likely N-dealkylation sites (N-methyl/N-ethyl adjacent to an activating group) is 1. The van der Waals surface area contributed by atoms with Crippen molar-refractivity contribution in [3.8, 4) is 0 Å². The van der Waals surface area contributed by atoms with Gasteiger partial charge in [0, 0.05) is 25.2 Å². The van der Waals surface area contributed by atoms with Gasteiger partial charge in [-0.2, -0.15) is 0 Å². The predicted molar refractivity (Wildman–Crippen MR) is 64.2 cm³/mol. The van der Waals surface area contributed by atoms with Crippen molar-refractivity contribution in [2.24, 2.45) is 0 Å². The van der Waals surface area contributed by atoms with Crippen LogP contribution in [0.5, 0.6) is 0 Å². The second-order valence-electron chi connectivity index (χ2n) is 3.77. The van der Waals surface area contributed by atoms with Crippen LogP contribution in [0.3, 0.4) is 0 Å². The van der Waals surface area contributed by atoms with Gasteiger partial charge in [0.2, 0.25) is 5.91 Å². The van der Waals surface area contributed by atoms with Gasteiger partial charge in [-0.1, -0.05) is 6.07 Å². The van der Waals surface area contributed by atoms with E-state index < -0.39 is 23.5 Å². The quantitative estimate of drug-likeness (QED) is 0.831. The molecule has 1 N–H and O–H groups in total. The molecule has 0 bridgehead atoms. The zero-order valence-corrected chi connectivity index (χ0v) is 10.3. The number of amides is 1. The summed E-state index contributed by atoms with van der Waals surface area (Å²) in [7, 11) is 0. The lowest BCUT2D eigenvalue weighted by molar-refractivity contribution is -0.132. The summed E-state index contributed by atoms with van der Waals surface area (Å²) < 4.78 is 25.8. The first-order valence-corrected chi connectivity index (χ1v) is 5.58. The van der Waals surface area contributed by atoms with Crippen LogP contribution in [0.2, 0.25) is 0 Å². The Morgan fingerprint density at radius 2 is 1.95 bits per heavy atom. The first-order valence-electron chi connectivity index (χ1n) is 5.58. The summed E-state index contributed by atoms with van der Waals surface area (Å²) in [6.07, 6.45) is 1.65. The lowest BCUT2D eigenvalue weighted by Gasteiger charge is -2.19. The largest absolute Gasteiger partial charge is 0.478 e. The molecule has 0 aliphatic rings. The van der Waals surface area contributed by atoms with Crippen molar-refractivity contribution in [1.82, 2.24) is 4.90 Å². The van der Waals surface area contributed by atoms with Crippen molar-refractivity contribution in [3.05, 3.63) is 47.5 Å². The van der Waals surface area contributed by atoms with Gasteiger partial charge in [-0.3, -0.25) is 4.79 Å². The standard InChI is InChI=1S/C13H13F2NO3/c1-2-16(12(17)5-6-13(18)19)8-9-3-4-10(14)11(15)7-9/h3-7H,2,8H2,1H3,(H,18,19)/b6-5+. The minimum atomic E-state index is -1.22. The Bertz CT molecular complexity index is 515. The van der Waals surface area contributed by atoms with E-state index in [2.05, 4.69) is 0 Å². The van der Waals surface area contributed by atoms with Gasteiger partial charge in [-0.25, -0.2) is 13.6 Å². The van der Waals surface area contributed by atoms with Crippen molar-refractivity contribution < 1.29 is 23.5 Å². The monoisotopic (exact) mass is 269 g/mol. The highest BCUT2D eigenvalue weighted by atomic mass is 19.2. The first kappa shape index (κ1) is 14.8. The fourth-order valence-electron chi connectivity index (χ4n) is 1.45. The van der Waals surface area contributed by atoms with Crippen LogP contribution in [0.15, 0.2) is 30.4 Å². The minimum Gasteiger partial charge on any atom is -0.478 e. The summed E-state index contributed by atoms with van der Waals surface area (Å²) in [5, 5.41) is 8.42. The molecule has 4 nitrogen and oxygen atoms in total. The van der Waals surface area contributed by atoms with Crippen molar-refractivity contribution in [3.63, 3.8) is 0 Å². The summed E-state index contributed by atoms with van der Waals surface area (Å²) in [6.45, 7) is 2.10. The molecule has 0 atom stereocenters. The van der Waals surface area contributed by atoms with Crippen LogP contribution in [-0.2, 0) is 16.1 Å². The van der Waals surface area contributed by atoms with Crippen LogP contribution in [0.1, 0.15) is 12.5 Å². The van der Waals surface area contributed by atoms with Gasteiger partial charge in [0.15, 0.2) is 11.6 Å². The maximum Gasteiger partial charge on any atom is 0.328 e. The number of benzene rings is 1. The Labute approximate surface area is 109 Å². The van der Waals surface area contributed by atoms with Gasteiger partial charge in [-0.15, -0.1) is 0 Å².